The highest BCUT2D eigenvalue weighted by Gasteiger charge is 2.33. The van der Waals surface area contributed by atoms with E-state index in [1.54, 1.807) is 13.0 Å². The number of rotatable bonds is 5. The standard InChI is InChI=1S/C26H18F3N3O4/c1-13(31-19-7-4-8-30-23(19)25(34)35)16-10-15(26(27,28)29)11-17-21(33)12-22(36-24(16)17)20-9-14-5-2-3-6-18(14)32-20/h2-13,31-32H,1H3,(H,34,35). The quantitative estimate of drug-likeness (QED) is 0.268. The fourth-order valence-corrected chi connectivity index (χ4v) is 4.11. The minimum absolute atomic E-state index is 0.0371. The zero-order valence-corrected chi connectivity index (χ0v) is 18.7. The molecule has 0 bridgehead atoms. The fraction of sp³-hybridized carbons (Fsp3) is 0.115. The maximum atomic E-state index is 13.7. The number of carboxylic acid groups (broad SMARTS) is 1. The summed E-state index contributed by atoms with van der Waals surface area (Å²) in [4.78, 5) is 31.5. The predicted molar refractivity (Wildman–Crippen MR) is 128 cm³/mol. The van der Waals surface area contributed by atoms with Gasteiger partial charge in [-0.1, -0.05) is 18.2 Å². The first-order valence-corrected chi connectivity index (χ1v) is 10.8. The molecule has 5 aromatic rings. The SMILES string of the molecule is CC(Nc1cccnc1C(=O)O)c1cc(C(F)(F)F)cc2c(=O)cc(-c3cc4ccccc4[nH]3)oc12. The molecule has 0 fully saturated rings. The number of pyridine rings is 1. The van der Waals surface area contributed by atoms with E-state index in [0.717, 1.165) is 29.1 Å². The van der Waals surface area contributed by atoms with Gasteiger partial charge in [-0.15, -0.1) is 0 Å². The van der Waals surface area contributed by atoms with Crippen LogP contribution in [0.5, 0.6) is 0 Å². The van der Waals surface area contributed by atoms with Crippen molar-refractivity contribution in [3.05, 3.63) is 93.9 Å². The molecule has 5 rings (SSSR count). The Morgan fingerprint density at radius 2 is 1.89 bits per heavy atom. The molecule has 182 valence electrons. The molecule has 10 heteroatoms. The second-order valence-electron chi connectivity index (χ2n) is 8.26. The summed E-state index contributed by atoms with van der Waals surface area (Å²) in [5, 5.41) is 12.9. The number of carbonyl (C=O) groups is 1. The first-order valence-electron chi connectivity index (χ1n) is 10.8. The van der Waals surface area contributed by atoms with E-state index in [2.05, 4.69) is 15.3 Å². The first kappa shape index (κ1) is 23.2. The molecule has 0 aliphatic carbocycles. The average molecular weight is 493 g/mol. The Morgan fingerprint density at radius 1 is 1.11 bits per heavy atom. The van der Waals surface area contributed by atoms with Crippen LogP contribution in [0.4, 0.5) is 18.9 Å². The normalized spacial score (nSPS) is 12.7. The van der Waals surface area contributed by atoms with Crippen LogP contribution in [-0.2, 0) is 6.18 Å². The summed E-state index contributed by atoms with van der Waals surface area (Å²) in [6.45, 7) is 1.54. The largest absolute Gasteiger partial charge is 0.476 e. The van der Waals surface area contributed by atoms with E-state index in [1.807, 2.05) is 24.3 Å². The van der Waals surface area contributed by atoms with E-state index in [0.29, 0.717) is 5.69 Å². The van der Waals surface area contributed by atoms with E-state index in [4.69, 9.17) is 4.42 Å². The van der Waals surface area contributed by atoms with Crippen LogP contribution in [0.1, 0.15) is 34.6 Å². The first-order chi connectivity index (χ1) is 17.1. The Balaban J connectivity index is 1.70. The molecule has 0 aliphatic heterocycles. The van der Waals surface area contributed by atoms with E-state index in [-0.39, 0.29) is 33.7 Å². The molecule has 1 atom stereocenters. The topological polar surface area (TPSA) is 108 Å². The molecule has 0 aliphatic rings. The Labute approximate surface area is 201 Å². The van der Waals surface area contributed by atoms with Crippen LogP contribution in [0.2, 0.25) is 0 Å². The van der Waals surface area contributed by atoms with E-state index in [9.17, 15) is 27.9 Å². The molecule has 0 radical (unpaired) electrons. The van der Waals surface area contributed by atoms with Crippen molar-refractivity contribution in [2.45, 2.75) is 19.1 Å². The number of aromatic nitrogens is 2. The van der Waals surface area contributed by atoms with Crippen LogP contribution in [0.3, 0.4) is 0 Å². The van der Waals surface area contributed by atoms with Gasteiger partial charge < -0.3 is 19.8 Å². The second kappa shape index (κ2) is 8.56. The number of fused-ring (bicyclic) bond motifs is 2. The molecular weight excluding hydrogens is 475 g/mol. The van der Waals surface area contributed by atoms with Crippen molar-refractivity contribution in [2.75, 3.05) is 5.32 Å². The Hall–Kier alpha value is -4.60. The smallest absolute Gasteiger partial charge is 0.416 e. The Bertz CT molecular complexity index is 1660. The molecule has 7 nitrogen and oxygen atoms in total. The van der Waals surface area contributed by atoms with E-state index < -0.39 is 29.2 Å². The van der Waals surface area contributed by atoms with Gasteiger partial charge in [-0.3, -0.25) is 4.79 Å². The van der Waals surface area contributed by atoms with Crippen molar-refractivity contribution in [2.24, 2.45) is 0 Å². The molecule has 0 saturated carbocycles. The van der Waals surface area contributed by atoms with Gasteiger partial charge in [0.1, 0.15) is 5.58 Å². The second-order valence-corrected chi connectivity index (χ2v) is 8.26. The number of nitrogens with one attached hydrogen (secondary N) is 2. The zero-order valence-electron chi connectivity index (χ0n) is 18.7. The van der Waals surface area contributed by atoms with Gasteiger partial charge in [0.2, 0.25) is 0 Å². The molecular formula is C26H18F3N3O4. The maximum Gasteiger partial charge on any atom is 0.416 e. The monoisotopic (exact) mass is 493 g/mol. The molecule has 3 N–H and O–H groups in total. The van der Waals surface area contributed by atoms with Crippen molar-refractivity contribution in [1.29, 1.82) is 0 Å². The fourth-order valence-electron chi connectivity index (χ4n) is 4.11. The molecule has 3 heterocycles. The number of hydrogen-bond acceptors (Lipinski definition) is 5. The summed E-state index contributed by atoms with van der Waals surface area (Å²) in [5.41, 5.74) is -0.554. The van der Waals surface area contributed by atoms with Crippen molar-refractivity contribution in [3.8, 4) is 11.5 Å². The van der Waals surface area contributed by atoms with E-state index >= 15 is 0 Å². The highest BCUT2D eigenvalue weighted by atomic mass is 19.4. The average Bonchev–Trinajstić information content (AvgIpc) is 3.27. The van der Waals surface area contributed by atoms with Crippen LogP contribution in [0.15, 0.2) is 76.1 Å². The predicted octanol–water partition coefficient (Wildman–Crippen LogP) is 6.23. The van der Waals surface area contributed by atoms with Crippen LogP contribution in [0.25, 0.3) is 33.3 Å². The van der Waals surface area contributed by atoms with Crippen molar-refractivity contribution < 1.29 is 27.5 Å². The number of carboxylic acids is 1. The van der Waals surface area contributed by atoms with Crippen molar-refractivity contribution >= 4 is 33.5 Å². The number of nitrogens with zero attached hydrogens (tertiary/aromatic N) is 1. The summed E-state index contributed by atoms with van der Waals surface area (Å²) in [6.07, 6.45) is -3.42. The van der Waals surface area contributed by atoms with Gasteiger partial charge in [-0.25, -0.2) is 9.78 Å². The summed E-state index contributed by atoms with van der Waals surface area (Å²) >= 11 is 0. The third kappa shape index (κ3) is 4.17. The van der Waals surface area contributed by atoms with Gasteiger partial charge in [-0.2, -0.15) is 13.2 Å². The van der Waals surface area contributed by atoms with Gasteiger partial charge in [0.25, 0.3) is 0 Å². The third-order valence-corrected chi connectivity index (χ3v) is 5.83. The zero-order chi connectivity index (χ0) is 25.6. The lowest BCUT2D eigenvalue weighted by Crippen LogP contribution is -2.15. The number of hydrogen-bond donors (Lipinski definition) is 3. The van der Waals surface area contributed by atoms with Crippen LogP contribution >= 0.6 is 0 Å². The minimum atomic E-state index is -4.72. The summed E-state index contributed by atoms with van der Waals surface area (Å²) < 4.78 is 47.1. The lowest BCUT2D eigenvalue weighted by molar-refractivity contribution is -0.137. The van der Waals surface area contributed by atoms with Gasteiger partial charge in [-0.05, 0) is 43.3 Å². The highest BCUT2D eigenvalue weighted by Crippen LogP contribution is 2.37. The number of benzene rings is 2. The van der Waals surface area contributed by atoms with Crippen LogP contribution in [-0.4, -0.2) is 21.0 Å². The summed E-state index contributed by atoms with van der Waals surface area (Å²) in [7, 11) is 0. The number of aromatic amines is 1. The van der Waals surface area contributed by atoms with Gasteiger partial charge >= 0.3 is 12.1 Å². The number of halogens is 3. The number of aromatic carboxylic acids is 1. The number of H-pyrrole nitrogens is 1. The van der Waals surface area contributed by atoms with Crippen molar-refractivity contribution in [1.82, 2.24) is 9.97 Å². The lowest BCUT2D eigenvalue weighted by Gasteiger charge is -2.20. The Morgan fingerprint density at radius 3 is 2.61 bits per heavy atom. The van der Waals surface area contributed by atoms with Crippen LogP contribution in [0, 0.1) is 0 Å². The molecule has 0 saturated heterocycles. The number of anilines is 1. The Kier molecular flexibility index (Phi) is 5.51. The van der Waals surface area contributed by atoms with Crippen molar-refractivity contribution in [3.63, 3.8) is 0 Å². The lowest BCUT2D eigenvalue weighted by atomic mass is 9.99. The summed E-state index contributed by atoms with van der Waals surface area (Å²) in [6, 6.07) is 14.1. The minimum Gasteiger partial charge on any atom is -0.476 e. The highest BCUT2D eigenvalue weighted by molar-refractivity contribution is 5.92. The van der Waals surface area contributed by atoms with Gasteiger partial charge in [0, 0.05) is 28.7 Å². The molecule has 0 amide bonds. The molecule has 2 aromatic carbocycles. The van der Waals surface area contributed by atoms with Gasteiger partial charge in [0.15, 0.2) is 16.9 Å². The number of para-hydroxylation sites is 1. The third-order valence-electron chi connectivity index (χ3n) is 5.83. The molecule has 0 spiro atoms. The molecule has 36 heavy (non-hydrogen) atoms. The maximum absolute atomic E-state index is 13.7. The van der Waals surface area contributed by atoms with Gasteiger partial charge in [0.05, 0.1) is 28.4 Å². The van der Waals surface area contributed by atoms with E-state index in [1.165, 1.54) is 18.3 Å². The number of alkyl halides is 3. The summed E-state index contributed by atoms with van der Waals surface area (Å²) in [5.74, 6) is -1.14. The molecule has 3 aromatic heterocycles. The van der Waals surface area contributed by atoms with Crippen LogP contribution < -0.4 is 10.7 Å². The molecule has 1 unspecified atom stereocenters.